The normalized spacial score (nSPS) is 45.8. The van der Waals surface area contributed by atoms with Crippen molar-refractivity contribution >= 4 is 10.8 Å². The van der Waals surface area contributed by atoms with Crippen LogP contribution in [0.25, 0.3) is 10.8 Å². The van der Waals surface area contributed by atoms with E-state index in [1.165, 1.54) is 82.6 Å². The van der Waals surface area contributed by atoms with Crippen LogP contribution < -0.4 is 0 Å². The Labute approximate surface area is 191 Å². The lowest BCUT2D eigenvalue weighted by Crippen LogP contribution is -2.48. The molecule has 32 heavy (non-hydrogen) atoms. The Balaban J connectivity index is 1.23. The van der Waals surface area contributed by atoms with E-state index < -0.39 is 0 Å². The zero-order valence-electron chi connectivity index (χ0n) is 19.2. The zero-order valence-corrected chi connectivity index (χ0v) is 19.2. The van der Waals surface area contributed by atoms with Gasteiger partial charge in [-0.2, -0.15) is 0 Å². The second-order valence-electron chi connectivity index (χ2n) is 13.5. The van der Waals surface area contributed by atoms with Crippen molar-refractivity contribution in [3.63, 3.8) is 0 Å². The maximum Gasteiger partial charge on any atom is 0.123 e. The van der Waals surface area contributed by atoms with Gasteiger partial charge in [0.05, 0.1) is 0 Å². The molecule has 8 saturated carbocycles. The van der Waals surface area contributed by atoms with Gasteiger partial charge >= 0.3 is 0 Å². The number of rotatable bonds is 2. The molecular formula is C30H36O2. The summed E-state index contributed by atoms with van der Waals surface area (Å²) < 4.78 is 0. The minimum Gasteiger partial charge on any atom is -0.508 e. The van der Waals surface area contributed by atoms with Crippen molar-refractivity contribution in [3.8, 4) is 11.5 Å². The van der Waals surface area contributed by atoms with Gasteiger partial charge in [-0.1, -0.05) is 6.07 Å². The van der Waals surface area contributed by atoms with E-state index in [0.29, 0.717) is 11.5 Å². The van der Waals surface area contributed by atoms with Gasteiger partial charge in [0.2, 0.25) is 0 Å². The quantitative estimate of drug-likeness (QED) is 0.531. The molecule has 8 bridgehead atoms. The molecule has 2 heteroatoms. The van der Waals surface area contributed by atoms with Crippen LogP contribution in [-0.4, -0.2) is 10.2 Å². The van der Waals surface area contributed by atoms with Crippen LogP contribution >= 0.6 is 0 Å². The number of phenols is 2. The fourth-order valence-corrected chi connectivity index (χ4v) is 11.0. The molecule has 8 aliphatic rings. The van der Waals surface area contributed by atoms with Crippen molar-refractivity contribution in [2.75, 3.05) is 0 Å². The maximum atomic E-state index is 11.3. The van der Waals surface area contributed by atoms with Gasteiger partial charge in [-0.25, -0.2) is 0 Å². The summed E-state index contributed by atoms with van der Waals surface area (Å²) >= 11 is 0. The van der Waals surface area contributed by atoms with Gasteiger partial charge in [0.25, 0.3) is 0 Å². The molecule has 0 spiro atoms. The van der Waals surface area contributed by atoms with Gasteiger partial charge in [-0.05, 0) is 153 Å². The first-order chi connectivity index (χ1) is 15.5. The molecule has 0 aromatic heterocycles. The van der Waals surface area contributed by atoms with Crippen LogP contribution in [0.15, 0.2) is 24.3 Å². The lowest BCUT2D eigenvalue weighted by Gasteiger charge is -2.57. The summed E-state index contributed by atoms with van der Waals surface area (Å²) in [6, 6.07) is 8.66. The Morgan fingerprint density at radius 1 is 0.531 bits per heavy atom. The third-order valence-electron chi connectivity index (χ3n) is 11.3. The van der Waals surface area contributed by atoms with Crippen LogP contribution in [0, 0.1) is 35.5 Å². The second kappa shape index (κ2) is 6.05. The van der Waals surface area contributed by atoms with Crippen molar-refractivity contribution < 1.29 is 10.2 Å². The van der Waals surface area contributed by atoms with E-state index in [1.54, 1.807) is 0 Å². The SMILES string of the molecule is Oc1cc2cc(C34CC5CC(CC(C5)C3)C4)cc(O)c2cc1C12CC3CC(CC(C3)C1)C2. The first kappa shape index (κ1) is 18.7. The molecule has 10 rings (SSSR count). The van der Waals surface area contributed by atoms with Crippen LogP contribution in [0.3, 0.4) is 0 Å². The molecule has 0 atom stereocenters. The first-order valence-corrected chi connectivity index (χ1v) is 13.5. The number of fused-ring (bicyclic) bond motifs is 1. The van der Waals surface area contributed by atoms with Crippen molar-refractivity contribution in [3.05, 3.63) is 35.4 Å². The molecule has 0 amide bonds. The molecule has 8 aliphatic carbocycles. The minimum atomic E-state index is 0.151. The van der Waals surface area contributed by atoms with Gasteiger partial charge < -0.3 is 10.2 Å². The summed E-state index contributed by atoms with van der Waals surface area (Å²) in [6.45, 7) is 0. The summed E-state index contributed by atoms with van der Waals surface area (Å²) in [5.74, 6) is 6.17. The monoisotopic (exact) mass is 428 g/mol. The van der Waals surface area contributed by atoms with Crippen LogP contribution in [-0.2, 0) is 10.8 Å². The molecule has 168 valence electrons. The molecule has 2 nitrogen and oxygen atoms in total. The lowest BCUT2D eigenvalue weighted by molar-refractivity contribution is -0.00615. The molecule has 2 N–H and O–H groups in total. The zero-order chi connectivity index (χ0) is 21.2. The Hall–Kier alpha value is -1.70. The molecule has 8 fully saturated rings. The van der Waals surface area contributed by atoms with Gasteiger partial charge in [0, 0.05) is 10.9 Å². The Bertz CT molecular complexity index is 1060. The average Bonchev–Trinajstić information content (AvgIpc) is 2.71. The third kappa shape index (κ3) is 2.48. The van der Waals surface area contributed by atoms with Gasteiger partial charge in [0.1, 0.15) is 11.5 Å². The number of hydrogen-bond acceptors (Lipinski definition) is 2. The van der Waals surface area contributed by atoms with Gasteiger partial charge in [-0.15, -0.1) is 0 Å². The largest absolute Gasteiger partial charge is 0.508 e. The maximum absolute atomic E-state index is 11.3. The molecule has 2 aromatic rings. The Kier molecular flexibility index (Phi) is 3.53. The van der Waals surface area contributed by atoms with Crippen molar-refractivity contribution in [2.45, 2.75) is 87.9 Å². The van der Waals surface area contributed by atoms with Crippen molar-refractivity contribution in [2.24, 2.45) is 35.5 Å². The van der Waals surface area contributed by atoms with E-state index in [2.05, 4.69) is 18.2 Å². The minimum absolute atomic E-state index is 0.151. The smallest absolute Gasteiger partial charge is 0.123 e. The molecule has 0 heterocycles. The van der Waals surface area contributed by atoms with Gasteiger partial charge in [-0.3, -0.25) is 0 Å². The summed E-state index contributed by atoms with van der Waals surface area (Å²) in [5, 5.41) is 24.6. The van der Waals surface area contributed by atoms with E-state index in [0.717, 1.165) is 51.8 Å². The number of phenolic OH excluding ortho intramolecular Hbond substituents is 2. The standard InChI is InChI=1S/C30H36O2/c31-27-9-24(29-11-17-1-18(12-29)3-19(2-17)13-29)7-23-8-28(32)26(10-25(23)27)30-14-20-4-21(15-30)6-22(5-20)16-30/h7-10,17-22,31-32H,1-6,11-16H2. The highest BCUT2D eigenvalue weighted by molar-refractivity contribution is 5.91. The predicted octanol–water partition coefficient (Wildman–Crippen LogP) is 7.19. The number of hydrogen-bond donors (Lipinski definition) is 2. The van der Waals surface area contributed by atoms with Crippen LogP contribution in [0.5, 0.6) is 11.5 Å². The van der Waals surface area contributed by atoms with Crippen molar-refractivity contribution in [1.82, 2.24) is 0 Å². The molecule has 0 aliphatic heterocycles. The lowest BCUT2D eigenvalue weighted by atomic mass is 9.47. The third-order valence-corrected chi connectivity index (χ3v) is 11.3. The van der Waals surface area contributed by atoms with E-state index in [4.69, 9.17) is 0 Å². The summed E-state index contributed by atoms with van der Waals surface area (Å²) in [6.07, 6.45) is 16.2. The van der Waals surface area contributed by atoms with E-state index in [-0.39, 0.29) is 10.8 Å². The fraction of sp³-hybridized carbons (Fsp3) is 0.667. The average molecular weight is 429 g/mol. The number of aromatic hydroxyl groups is 2. The molecule has 2 aromatic carbocycles. The second-order valence-corrected chi connectivity index (χ2v) is 13.5. The first-order valence-electron chi connectivity index (χ1n) is 13.5. The van der Waals surface area contributed by atoms with E-state index >= 15 is 0 Å². The van der Waals surface area contributed by atoms with Gasteiger partial charge in [0.15, 0.2) is 0 Å². The highest BCUT2D eigenvalue weighted by Crippen LogP contribution is 2.63. The van der Waals surface area contributed by atoms with Crippen LogP contribution in [0.4, 0.5) is 0 Å². The molecular weight excluding hydrogens is 392 g/mol. The summed E-state index contributed by atoms with van der Waals surface area (Å²) in [5.41, 5.74) is 2.91. The molecule has 0 saturated heterocycles. The molecule has 0 unspecified atom stereocenters. The summed E-state index contributed by atoms with van der Waals surface area (Å²) in [7, 11) is 0. The van der Waals surface area contributed by atoms with Crippen molar-refractivity contribution in [1.29, 1.82) is 0 Å². The highest BCUT2D eigenvalue weighted by atomic mass is 16.3. The number of benzene rings is 2. The Morgan fingerprint density at radius 2 is 1.00 bits per heavy atom. The fourth-order valence-electron chi connectivity index (χ4n) is 11.0. The Morgan fingerprint density at radius 3 is 1.50 bits per heavy atom. The topological polar surface area (TPSA) is 40.5 Å². The van der Waals surface area contributed by atoms with Crippen LogP contribution in [0.1, 0.15) is 88.2 Å². The van der Waals surface area contributed by atoms with Crippen LogP contribution in [0.2, 0.25) is 0 Å². The molecule has 0 radical (unpaired) electrons. The van der Waals surface area contributed by atoms with E-state index in [9.17, 15) is 10.2 Å². The summed E-state index contributed by atoms with van der Waals surface area (Å²) in [4.78, 5) is 0. The van der Waals surface area contributed by atoms with E-state index in [1.807, 2.05) is 6.07 Å². The highest BCUT2D eigenvalue weighted by Gasteiger charge is 2.53. The predicted molar refractivity (Wildman–Crippen MR) is 127 cm³/mol.